The highest BCUT2D eigenvalue weighted by molar-refractivity contribution is 5.93. The Labute approximate surface area is 232 Å². The van der Waals surface area contributed by atoms with Crippen molar-refractivity contribution in [1.29, 1.82) is 0 Å². The molecule has 200 valence electrons. The summed E-state index contributed by atoms with van der Waals surface area (Å²) in [6, 6.07) is 31.8. The van der Waals surface area contributed by atoms with Crippen LogP contribution in [0.15, 0.2) is 114 Å². The van der Waals surface area contributed by atoms with Crippen molar-refractivity contribution < 1.29 is 9.53 Å². The number of pyridine rings is 1. The lowest BCUT2D eigenvalue weighted by molar-refractivity contribution is 0.0815. The van der Waals surface area contributed by atoms with Gasteiger partial charge in [-0.05, 0) is 16.7 Å². The van der Waals surface area contributed by atoms with Crippen molar-refractivity contribution in [3.63, 3.8) is 0 Å². The molecule has 5 aromatic rings. The third-order valence-electron chi connectivity index (χ3n) is 7.43. The summed E-state index contributed by atoms with van der Waals surface area (Å²) < 4.78 is 10.3. The van der Waals surface area contributed by atoms with Crippen LogP contribution in [0.5, 0.6) is 5.75 Å². The summed E-state index contributed by atoms with van der Waals surface area (Å²) in [6.45, 7) is 0.732. The van der Waals surface area contributed by atoms with E-state index in [1.807, 2.05) is 77.5 Å². The molecule has 1 amide bonds. The van der Waals surface area contributed by atoms with Crippen molar-refractivity contribution in [2.24, 2.45) is 0 Å². The monoisotopic (exact) mass is 530 g/mol. The number of fused-ring (bicyclic) bond motifs is 3. The highest BCUT2D eigenvalue weighted by atomic mass is 16.5. The molecule has 0 fully saturated rings. The number of hydrogen-bond donors (Lipinski definition) is 0. The zero-order valence-electron chi connectivity index (χ0n) is 22.5. The Morgan fingerprint density at radius 3 is 2.12 bits per heavy atom. The van der Waals surface area contributed by atoms with E-state index in [4.69, 9.17) is 4.74 Å². The molecule has 7 heteroatoms. The fourth-order valence-corrected chi connectivity index (χ4v) is 5.54. The molecule has 0 N–H and O–H groups in total. The molecule has 0 aliphatic carbocycles. The van der Waals surface area contributed by atoms with Crippen LogP contribution in [-0.2, 0) is 13.2 Å². The van der Waals surface area contributed by atoms with Crippen LogP contribution in [0.3, 0.4) is 0 Å². The Morgan fingerprint density at radius 2 is 1.52 bits per heavy atom. The molecular formula is C33H30N4O3. The third-order valence-corrected chi connectivity index (χ3v) is 7.43. The summed E-state index contributed by atoms with van der Waals surface area (Å²) in [5.74, 6) is 0.559. The predicted octanol–water partition coefficient (Wildman–Crippen LogP) is 5.38. The zero-order valence-corrected chi connectivity index (χ0v) is 22.5. The molecule has 3 heterocycles. The molecule has 6 rings (SSSR count). The number of rotatable bonds is 7. The maximum Gasteiger partial charge on any atom is 0.271 e. The average molecular weight is 531 g/mol. The Hall–Kier alpha value is -4.91. The number of amides is 1. The van der Waals surface area contributed by atoms with Gasteiger partial charge in [0.25, 0.3) is 5.91 Å². The van der Waals surface area contributed by atoms with E-state index in [1.54, 1.807) is 31.3 Å². The van der Waals surface area contributed by atoms with Crippen LogP contribution >= 0.6 is 0 Å². The van der Waals surface area contributed by atoms with Crippen molar-refractivity contribution in [3.8, 4) is 17.3 Å². The van der Waals surface area contributed by atoms with Gasteiger partial charge in [0.05, 0.1) is 12.2 Å². The van der Waals surface area contributed by atoms with Gasteiger partial charge in [-0.3, -0.25) is 9.59 Å². The van der Waals surface area contributed by atoms with Crippen LogP contribution in [0, 0.1) is 0 Å². The first kappa shape index (κ1) is 25.4. The lowest BCUT2D eigenvalue weighted by Gasteiger charge is -2.37. The van der Waals surface area contributed by atoms with Gasteiger partial charge in [0.15, 0.2) is 11.6 Å². The van der Waals surface area contributed by atoms with E-state index >= 15 is 0 Å². The normalized spacial score (nSPS) is 13.9. The van der Waals surface area contributed by atoms with E-state index in [0.717, 1.165) is 16.7 Å². The number of ether oxygens (including phenoxy) is 1. The second kappa shape index (κ2) is 10.7. The van der Waals surface area contributed by atoms with E-state index < -0.39 is 0 Å². The average Bonchev–Trinajstić information content (AvgIpc) is 3.41. The molecule has 3 aromatic carbocycles. The maximum absolute atomic E-state index is 13.3. The fourth-order valence-electron chi connectivity index (χ4n) is 5.54. The van der Waals surface area contributed by atoms with Crippen molar-refractivity contribution in [2.75, 3.05) is 14.1 Å². The molecule has 0 saturated heterocycles. The van der Waals surface area contributed by atoms with Crippen LogP contribution in [-0.4, -0.2) is 39.0 Å². The Balaban J connectivity index is 1.56. The molecule has 1 aliphatic rings. The van der Waals surface area contributed by atoms with E-state index in [2.05, 4.69) is 33.8 Å². The minimum Gasteiger partial charge on any atom is -0.483 e. The van der Waals surface area contributed by atoms with Gasteiger partial charge in [0.1, 0.15) is 18.0 Å². The Morgan fingerprint density at radius 1 is 0.925 bits per heavy atom. The molecule has 0 unspecified atom stereocenters. The molecule has 2 aromatic heterocycles. The number of benzene rings is 3. The van der Waals surface area contributed by atoms with Crippen LogP contribution in [0.25, 0.3) is 11.5 Å². The molecule has 0 radical (unpaired) electrons. The molecule has 0 spiro atoms. The lowest BCUT2D eigenvalue weighted by atomic mass is 9.83. The van der Waals surface area contributed by atoms with E-state index in [0.29, 0.717) is 23.8 Å². The number of nitrogens with zero attached hydrogens (tertiary/aromatic N) is 4. The van der Waals surface area contributed by atoms with E-state index in [-0.39, 0.29) is 35.7 Å². The van der Waals surface area contributed by atoms with Gasteiger partial charge in [-0.1, -0.05) is 91.0 Å². The van der Waals surface area contributed by atoms with Gasteiger partial charge < -0.3 is 18.8 Å². The van der Waals surface area contributed by atoms with Gasteiger partial charge in [-0.25, -0.2) is 4.98 Å². The molecule has 0 bridgehead atoms. The van der Waals surface area contributed by atoms with Crippen molar-refractivity contribution in [1.82, 2.24) is 19.0 Å². The largest absolute Gasteiger partial charge is 0.483 e. The fraction of sp³-hybridized carbons (Fsp3) is 0.182. The van der Waals surface area contributed by atoms with Crippen LogP contribution < -0.4 is 10.2 Å². The Bertz CT molecular complexity index is 1650. The molecule has 7 nitrogen and oxygen atoms in total. The van der Waals surface area contributed by atoms with Gasteiger partial charge in [-0.2, -0.15) is 0 Å². The predicted molar refractivity (Wildman–Crippen MR) is 154 cm³/mol. The second-order valence-corrected chi connectivity index (χ2v) is 10.2. The first-order valence-electron chi connectivity index (χ1n) is 13.3. The first-order valence-corrected chi connectivity index (χ1v) is 13.3. The summed E-state index contributed by atoms with van der Waals surface area (Å²) >= 11 is 0. The summed E-state index contributed by atoms with van der Waals surface area (Å²) in [7, 11) is 3.46. The number of carbonyl (C=O) groups is 1. The quantitative estimate of drug-likeness (QED) is 0.283. The Kier molecular flexibility index (Phi) is 6.78. The summed E-state index contributed by atoms with van der Waals surface area (Å²) in [6.07, 6.45) is 3.44. The number of carbonyl (C=O) groups excluding carboxylic acids is 1. The zero-order chi connectivity index (χ0) is 27.6. The molecular weight excluding hydrogens is 500 g/mol. The van der Waals surface area contributed by atoms with E-state index in [9.17, 15) is 9.59 Å². The summed E-state index contributed by atoms with van der Waals surface area (Å²) in [5.41, 5.74) is 4.05. The van der Waals surface area contributed by atoms with Gasteiger partial charge in [-0.15, -0.1) is 0 Å². The number of aromatic nitrogens is 3. The minimum absolute atomic E-state index is 0.0662. The first-order chi connectivity index (χ1) is 19.5. The van der Waals surface area contributed by atoms with Crippen LogP contribution in [0.1, 0.15) is 39.1 Å². The smallest absolute Gasteiger partial charge is 0.271 e. The third kappa shape index (κ3) is 4.60. The molecule has 0 saturated carbocycles. The van der Waals surface area contributed by atoms with Crippen LogP contribution in [0.4, 0.5) is 0 Å². The summed E-state index contributed by atoms with van der Waals surface area (Å²) in [5, 5.41) is 0. The maximum atomic E-state index is 13.3. The van der Waals surface area contributed by atoms with Crippen molar-refractivity contribution in [3.05, 3.63) is 142 Å². The standard InChI is InChI=1S/C33H30N4O3/c1-35(2)33(39)26-20-34-32-30-31(40-22-23-12-6-3-7-13-23)28(38)18-19-36(30)27(21-37(26)32)29(24-14-8-4-9-15-24)25-16-10-5-11-17-25/h3-20,27,29H,21-22H2,1-2H3/t27-/m1/s1. The van der Waals surface area contributed by atoms with Gasteiger partial charge >= 0.3 is 0 Å². The highest BCUT2D eigenvalue weighted by Crippen LogP contribution is 2.44. The van der Waals surface area contributed by atoms with Crippen LogP contribution in [0.2, 0.25) is 0 Å². The second-order valence-electron chi connectivity index (χ2n) is 10.2. The molecule has 1 atom stereocenters. The minimum atomic E-state index is -0.228. The topological polar surface area (TPSA) is 69.4 Å². The SMILES string of the molecule is CN(C)C(=O)c1cnc2n1C[C@H](C(c1ccccc1)c1ccccc1)n1ccc(=O)c(OCc3ccccc3)c1-2. The summed E-state index contributed by atoms with van der Waals surface area (Å²) in [4.78, 5) is 32.8. The number of imidazole rings is 1. The van der Waals surface area contributed by atoms with Crippen molar-refractivity contribution >= 4 is 5.91 Å². The van der Waals surface area contributed by atoms with Crippen molar-refractivity contribution in [2.45, 2.75) is 25.1 Å². The van der Waals surface area contributed by atoms with Gasteiger partial charge in [0, 0.05) is 38.8 Å². The molecule has 1 aliphatic heterocycles. The van der Waals surface area contributed by atoms with Gasteiger partial charge in [0.2, 0.25) is 5.43 Å². The lowest BCUT2D eigenvalue weighted by Crippen LogP contribution is -2.34. The van der Waals surface area contributed by atoms with E-state index in [1.165, 1.54) is 0 Å². The number of hydrogen-bond acceptors (Lipinski definition) is 4. The highest BCUT2D eigenvalue weighted by Gasteiger charge is 2.37. The molecule has 40 heavy (non-hydrogen) atoms.